The van der Waals surface area contributed by atoms with Crippen LogP contribution in [0.15, 0.2) is 29.5 Å². The Bertz CT molecular complexity index is 739. The minimum Gasteiger partial charge on any atom is -0.490 e. The van der Waals surface area contributed by atoms with Gasteiger partial charge in [-0.3, -0.25) is 4.98 Å². The van der Waals surface area contributed by atoms with Crippen LogP contribution in [-0.4, -0.2) is 58.6 Å². The van der Waals surface area contributed by atoms with E-state index in [1.54, 1.807) is 19.5 Å². The number of halogens is 1. The van der Waals surface area contributed by atoms with E-state index in [0.717, 1.165) is 49.3 Å². The van der Waals surface area contributed by atoms with Crippen LogP contribution in [0, 0.1) is 0 Å². The van der Waals surface area contributed by atoms with Gasteiger partial charge in [0.2, 0.25) is 0 Å². The van der Waals surface area contributed by atoms with E-state index in [0.29, 0.717) is 19.8 Å². The summed E-state index contributed by atoms with van der Waals surface area (Å²) in [5, 5.41) is 11.3. The molecular formula is C18H28IN7O2. The first-order valence-electron chi connectivity index (χ1n) is 9.27. The second-order valence-electron chi connectivity index (χ2n) is 6.24. The Kier molecular flexibility index (Phi) is 9.41. The van der Waals surface area contributed by atoms with Crippen molar-refractivity contribution in [2.75, 3.05) is 26.8 Å². The number of hydrogen-bond donors (Lipinski definition) is 2. The second kappa shape index (κ2) is 11.8. The first-order valence-corrected chi connectivity index (χ1v) is 9.27. The van der Waals surface area contributed by atoms with Crippen LogP contribution in [0.5, 0.6) is 5.75 Å². The molecule has 28 heavy (non-hydrogen) atoms. The quantitative estimate of drug-likeness (QED) is 0.244. The molecule has 3 rings (SSSR count). The van der Waals surface area contributed by atoms with E-state index in [-0.39, 0.29) is 30.0 Å². The maximum atomic E-state index is 5.64. The largest absolute Gasteiger partial charge is 0.490 e. The molecular weight excluding hydrogens is 473 g/mol. The molecule has 9 nitrogen and oxygen atoms in total. The van der Waals surface area contributed by atoms with Crippen LogP contribution >= 0.6 is 24.0 Å². The van der Waals surface area contributed by atoms with Crippen molar-refractivity contribution < 1.29 is 9.47 Å². The van der Waals surface area contributed by atoms with Crippen molar-refractivity contribution >= 4 is 29.9 Å². The molecule has 1 aliphatic rings. The van der Waals surface area contributed by atoms with Crippen molar-refractivity contribution in [1.82, 2.24) is 30.4 Å². The summed E-state index contributed by atoms with van der Waals surface area (Å²) >= 11 is 0. The fourth-order valence-electron chi connectivity index (χ4n) is 2.94. The fourth-order valence-corrected chi connectivity index (χ4v) is 2.94. The molecule has 2 N–H and O–H groups in total. The maximum Gasteiger partial charge on any atom is 0.191 e. The van der Waals surface area contributed by atoms with Crippen molar-refractivity contribution in [3.8, 4) is 5.75 Å². The monoisotopic (exact) mass is 501 g/mol. The number of ether oxygens (including phenoxy) is 2. The Labute approximate surface area is 182 Å². The Morgan fingerprint density at radius 3 is 3.07 bits per heavy atom. The minimum atomic E-state index is 0. The number of nitrogens with zero attached hydrogens (tertiary/aromatic N) is 5. The topological polar surface area (TPSA) is 98.5 Å². The highest BCUT2D eigenvalue weighted by Crippen LogP contribution is 2.13. The molecule has 10 heteroatoms. The molecule has 0 spiro atoms. The van der Waals surface area contributed by atoms with E-state index in [2.05, 4.69) is 37.6 Å². The third kappa shape index (κ3) is 6.59. The Morgan fingerprint density at radius 2 is 2.32 bits per heavy atom. The van der Waals surface area contributed by atoms with Gasteiger partial charge in [0.25, 0.3) is 0 Å². The molecule has 0 aromatic carbocycles. The number of aryl methyl sites for hydroxylation is 1. The second-order valence-corrected chi connectivity index (χ2v) is 6.24. The van der Waals surface area contributed by atoms with Gasteiger partial charge in [0.1, 0.15) is 24.8 Å². The Morgan fingerprint density at radius 1 is 1.43 bits per heavy atom. The summed E-state index contributed by atoms with van der Waals surface area (Å²) in [5.74, 6) is 3.30. The van der Waals surface area contributed by atoms with Crippen LogP contribution in [0.25, 0.3) is 0 Å². The molecule has 1 atom stereocenters. The Balaban J connectivity index is 0.00000280. The number of aromatic nitrogens is 4. The lowest BCUT2D eigenvalue weighted by Crippen LogP contribution is -2.47. The number of hydrogen-bond acceptors (Lipinski definition) is 6. The van der Waals surface area contributed by atoms with Gasteiger partial charge >= 0.3 is 0 Å². The van der Waals surface area contributed by atoms with Crippen LogP contribution in [0.3, 0.4) is 0 Å². The standard InChI is InChI=1S/C18H27N7O2.HI/c1-3-20-18(21-9-10-27-15-5-4-8-19-11-15)22-14-6-7-17-23-16(13-26-2)24-25(17)12-14;/h4-5,8,11,14H,3,6-7,9-10,12-13H2,1-2H3,(H2,20,21,22);1H. The maximum absolute atomic E-state index is 5.64. The third-order valence-corrected chi connectivity index (χ3v) is 4.12. The third-order valence-electron chi connectivity index (χ3n) is 4.12. The normalized spacial score (nSPS) is 16.1. The summed E-state index contributed by atoms with van der Waals surface area (Å²) in [6.45, 7) is 5.12. The van der Waals surface area contributed by atoms with Gasteiger partial charge in [-0.05, 0) is 25.5 Å². The number of guanidine groups is 1. The first kappa shape index (κ1) is 22.3. The SMILES string of the molecule is CCNC(=NCCOc1cccnc1)NC1CCc2nc(COC)nn2C1.I. The summed E-state index contributed by atoms with van der Waals surface area (Å²) in [6, 6.07) is 3.99. The van der Waals surface area contributed by atoms with Crippen LogP contribution in [0.4, 0.5) is 0 Å². The van der Waals surface area contributed by atoms with Gasteiger partial charge in [-0.15, -0.1) is 24.0 Å². The van der Waals surface area contributed by atoms with E-state index < -0.39 is 0 Å². The molecule has 2 aromatic heterocycles. The molecule has 0 fully saturated rings. The van der Waals surface area contributed by atoms with Gasteiger partial charge in [-0.1, -0.05) is 0 Å². The van der Waals surface area contributed by atoms with E-state index >= 15 is 0 Å². The zero-order chi connectivity index (χ0) is 18.9. The number of rotatable bonds is 8. The molecule has 0 radical (unpaired) electrons. The zero-order valence-corrected chi connectivity index (χ0v) is 18.6. The van der Waals surface area contributed by atoms with Gasteiger partial charge in [-0.2, -0.15) is 5.10 Å². The fraction of sp³-hybridized carbons (Fsp3) is 0.556. The van der Waals surface area contributed by atoms with Crippen molar-refractivity contribution in [2.45, 2.75) is 39.0 Å². The number of nitrogens with one attached hydrogen (secondary N) is 2. The van der Waals surface area contributed by atoms with E-state index in [1.165, 1.54) is 0 Å². The average molecular weight is 501 g/mol. The molecule has 3 heterocycles. The molecule has 1 unspecified atom stereocenters. The van der Waals surface area contributed by atoms with E-state index in [9.17, 15) is 0 Å². The van der Waals surface area contributed by atoms with E-state index in [4.69, 9.17) is 9.47 Å². The van der Waals surface area contributed by atoms with E-state index in [1.807, 2.05) is 16.8 Å². The summed E-state index contributed by atoms with van der Waals surface area (Å²) < 4.78 is 12.7. The number of methoxy groups -OCH3 is 1. The average Bonchev–Trinajstić information content (AvgIpc) is 3.08. The Hall–Kier alpha value is -1.95. The van der Waals surface area contributed by atoms with Crippen LogP contribution in [-0.2, 0) is 24.3 Å². The number of aliphatic imine (C=N–C) groups is 1. The smallest absolute Gasteiger partial charge is 0.191 e. The lowest BCUT2D eigenvalue weighted by molar-refractivity contribution is 0.177. The van der Waals surface area contributed by atoms with Crippen molar-refractivity contribution in [3.63, 3.8) is 0 Å². The van der Waals surface area contributed by atoms with Crippen LogP contribution < -0.4 is 15.4 Å². The molecule has 1 aliphatic heterocycles. The molecule has 0 amide bonds. The molecule has 154 valence electrons. The van der Waals surface area contributed by atoms with Gasteiger partial charge in [0, 0.05) is 32.3 Å². The van der Waals surface area contributed by atoms with Crippen LogP contribution in [0.2, 0.25) is 0 Å². The first-order chi connectivity index (χ1) is 13.3. The number of fused-ring (bicyclic) bond motifs is 1. The highest BCUT2D eigenvalue weighted by atomic mass is 127. The van der Waals surface area contributed by atoms with Crippen molar-refractivity contribution in [1.29, 1.82) is 0 Å². The summed E-state index contributed by atoms with van der Waals surface area (Å²) in [6.07, 6.45) is 5.30. The summed E-state index contributed by atoms with van der Waals surface area (Å²) in [4.78, 5) is 13.1. The number of pyridine rings is 1. The van der Waals surface area contributed by atoms with Gasteiger partial charge in [0.05, 0.1) is 19.3 Å². The molecule has 0 saturated carbocycles. The molecule has 0 saturated heterocycles. The predicted octanol–water partition coefficient (Wildman–Crippen LogP) is 1.39. The lowest BCUT2D eigenvalue weighted by Gasteiger charge is -2.25. The minimum absolute atomic E-state index is 0. The van der Waals surface area contributed by atoms with Crippen molar-refractivity contribution in [2.24, 2.45) is 4.99 Å². The van der Waals surface area contributed by atoms with Gasteiger partial charge in [-0.25, -0.2) is 14.7 Å². The zero-order valence-electron chi connectivity index (χ0n) is 16.3. The van der Waals surface area contributed by atoms with Crippen molar-refractivity contribution in [3.05, 3.63) is 36.2 Å². The molecule has 2 aromatic rings. The summed E-state index contributed by atoms with van der Waals surface area (Å²) in [7, 11) is 1.65. The van der Waals surface area contributed by atoms with Crippen LogP contribution in [0.1, 0.15) is 25.0 Å². The predicted molar refractivity (Wildman–Crippen MR) is 117 cm³/mol. The highest BCUT2D eigenvalue weighted by molar-refractivity contribution is 14.0. The lowest BCUT2D eigenvalue weighted by atomic mass is 10.1. The van der Waals surface area contributed by atoms with Gasteiger partial charge in [0.15, 0.2) is 11.8 Å². The van der Waals surface area contributed by atoms with Gasteiger partial charge < -0.3 is 20.1 Å². The molecule has 0 bridgehead atoms. The highest BCUT2D eigenvalue weighted by Gasteiger charge is 2.22. The summed E-state index contributed by atoms with van der Waals surface area (Å²) in [5.41, 5.74) is 0. The molecule has 0 aliphatic carbocycles.